The first kappa shape index (κ1) is 6.60. The molecule has 0 atom stereocenters. The summed E-state index contributed by atoms with van der Waals surface area (Å²) in [6.07, 6.45) is 6.50. The Hall–Kier alpha value is -0.395. The van der Waals surface area contributed by atoms with Crippen molar-refractivity contribution in [1.82, 2.24) is 5.32 Å². The normalized spacial score (nSPS) is 9.86. The average molecular weight is 97.0 g/mol. The first-order valence-corrected chi connectivity index (χ1v) is 2.74. The summed E-state index contributed by atoms with van der Waals surface area (Å²) in [6.45, 7) is 0. The molecule has 2 heteroatoms. The number of allylic oxidation sites excluding steroid dienone is 1. The zero-order chi connectivity index (χ0) is 5.54. The van der Waals surface area contributed by atoms with Crippen LogP contribution in [0.4, 0.5) is 0 Å². The van der Waals surface area contributed by atoms with Crippen LogP contribution in [0.2, 0.25) is 6.32 Å². The third-order valence-corrected chi connectivity index (χ3v) is 0.740. The highest BCUT2D eigenvalue weighted by Gasteiger charge is 1.67. The third kappa shape index (κ3) is 5.60. The van der Waals surface area contributed by atoms with Crippen molar-refractivity contribution in [2.45, 2.75) is 12.7 Å². The van der Waals surface area contributed by atoms with Crippen LogP contribution in [0.3, 0.4) is 0 Å². The van der Waals surface area contributed by atoms with E-state index in [-0.39, 0.29) is 0 Å². The lowest BCUT2D eigenvalue weighted by Crippen LogP contribution is -1.90. The van der Waals surface area contributed by atoms with E-state index in [9.17, 15) is 0 Å². The van der Waals surface area contributed by atoms with Crippen molar-refractivity contribution in [2.24, 2.45) is 0 Å². The molecule has 0 aromatic heterocycles. The molecule has 0 aromatic rings. The second-order valence-corrected chi connectivity index (χ2v) is 1.48. The minimum atomic E-state index is 1.18. The van der Waals surface area contributed by atoms with Crippen molar-refractivity contribution in [3.63, 3.8) is 0 Å². The van der Waals surface area contributed by atoms with Gasteiger partial charge in [0.15, 0.2) is 0 Å². The molecule has 0 radical (unpaired) electrons. The van der Waals surface area contributed by atoms with E-state index >= 15 is 0 Å². The van der Waals surface area contributed by atoms with Gasteiger partial charge in [0.1, 0.15) is 7.85 Å². The molecule has 1 nitrogen and oxygen atoms in total. The Morgan fingerprint density at radius 2 is 2.43 bits per heavy atom. The van der Waals surface area contributed by atoms with E-state index in [0.29, 0.717) is 0 Å². The smallest absolute Gasteiger partial charge is 0.101 e. The third-order valence-electron chi connectivity index (χ3n) is 0.740. The van der Waals surface area contributed by atoms with Crippen molar-refractivity contribution >= 4 is 7.85 Å². The van der Waals surface area contributed by atoms with Crippen molar-refractivity contribution < 1.29 is 0 Å². The van der Waals surface area contributed by atoms with Gasteiger partial charge in [-0.1, -0.05) is 12.4 Å². The Bertz CT molecular complexity index is 52.0. The first-order valence-electron chi connectivity index (χ1n) is 2.74. The van der Waals surface area contributed by atoms with Crippen LogP contribution in [0.5, 0.6) is 0 Å². The van der Waals surface area contributed by atoms with Gasteiger partial charge in [-0.15, -0.1) is 0 Å². The lowest BCUT2D eigenvalue weighted by Gasteiger charge is -1.82. The molecular weight excluding hydrogens is 84.9 g/mol. The van der Waals surface area contributed by atoms with E-state index in [1.54, 1.807) is 0 Å². The summed E-state index contributed by atoms with van der Waals surface area (Å²) >= 11 is 0. The molecule has 0 aromatic carbocycles. The minimum absolute atomic E-state index is 1.18. The number of hydrogen-bond donors (Lipinski definition) is 1. The number of hydrogen-bond acceptors (Lipinski definition) is 1. The Morgan fingerprint density at radius 1 is 1.71 bits per heavy atom. The quantitative estimate of drug-likeness (QED) is 0.494. The molecule has 0 fully saturated rings. The topological polar surface area (TPSA) is 12.0 Å². The van der Waals surface area contributed by atoms with Crippen LogP contribution < -0.4 is 5.32 Å². The molecule has 0 amide bonds. The minimum Gasteiger partial charge on any atom is -0.394 e. The predicted molar refractivity (Wildman–Crippen MR) is 36.2 cm³/mol. The summed E-state index contributed by atoms with van der Waals surface area (Å²) in [6, 6.07) is 0. The molecule has 1 N–H and O–H groups in total. The summed E-state index contributed by atoms with van der Waals surface area (Å²) in [7, 11) is 4.08. The van der Waals surface area contributed by atoms with E-state index in [2.05, 4.69) is 19.2 Å². The molecule has 7 heavy (non-hydrogen) atoms. The molecule has 40 valence electrons. The van der Waals surface area contributed by atoms with Crippen LogP contribution in [-0.2, 0) is 0 Å². The summed E-state index contributed by atoms with van der Waals surface area (Å²) in [4.78, 5) is 0. The maximum absolute atomic E-state index is 2.92. The molecule has 0 aliphatic carbocycles. The monoisotopic (exact) mass is 97.1 g/mol. The lowest BCUT2D eigenvalue weighted by molar-refractivity contribution is 1.07. The van der Waals surface area contributed by atoms with Crippen LogP contribution >= 0.6 is 0 Å². The van der Waals surface area contributed by atoms with Crippen molar-refractivity contribution in [3.8, 4) is 0 Å². The van der Waals surface area contributed by atoms with Crippen LogP contribution in [0.15, 0.2) is 12.3 Å². The Morgan fingerprint density at radius 3 is 2.86 bits per heavy atom. The molecule has 0 unspecified atom stereocenters. The Balaban J connectivity index is 2.78. The molecule has 0 rings (SSSR count). The van der Waals surface area contributed by atoms with Gasteiger partial charge in [-0.05, 0) is 12.6 Å². The maximum atomic E-state index is 2.92. The lowest BCUT2D eigenvalue weighted by atomic mass is 10.0. The summed E-state index contributed by atoms with van der Waals surface area (Å²) in [5.41, 5.74) is 0. The van der Waals surface area contributed by atoms with Crippen LogP contribution in [0, 0.1) is 0 Å². The van der Waals surface area contributed by atoms with Gasteiger partial charge in [-0.3, -0.25) is 0 Å². The van der Waals surface area contributed by atoms with Crippen molar-refractivity contribution in [3.05, 3.63) is 12.3 Å². The van der Waals surface area contributed by atoms with Gasteiger partial charge in [0.2, 0.25) is 0 Å². The molecule has 0 spiro atoms. The fourth-order valence-corrected chi connectivity index (χ4v) is 0.368. The van der Waals surface area contributed by atoms with E-state index in [4.69, 9.17) is 0 Å². The van der Waals surface area contributed by atoms with Crippen molar-refractivity contribution in [1.29, 1.82) is 0 Å². The van der Waals surface area contributed by atoms with E-state index in [1.807, 2.05) is 13.2 Å². The molecule has 0 bridgehead atoms. The number of rotatable bonds is 3. The van der Waals surface area contributed by atoms with Crippen LogP contribution in [0.25, 0.3) is 0 Å². The zero-order valence-corrected chi connectivity index (χ0v) is 5.07. The van der Waals surface area contributed by atoms with Gasteiger partial charge < -0.3 is 5.32 Å². The maximum Gasteiger partial charge on any atom is 0.101 e. The van der Waals surface area contributed by atoms with Gasteiger partial charge in [-0.2, -0.15) is 0 Å². The predicted octanol–water partition coefficient (Wildman–Crippen LogP) is 0.161. The van der Waals surface area contributed by atoms with E-state index < -0.39 is 0 Å². The number of nitrogens with one attached hydrogen (secondary N) is 1. The fraction of sp³-hybridized carbons (Fsp3) is 0.600. The summed E-state index contributed by atoms with van der Waals surface area (Å²) < 4.78 is 0. The highest BCUT2D eigenvalue weighted by atomic mass is 14.8. The average Bonchev–Trinajstić information content (AvgIpc) is 1.69. The fourth-order valence-electron chi connectivity index (χ4n) is 0.368. The second kappa shape index (κ2) is 5.60. The van der Waals surface area contributed by atoms with Crippen molar-refractivity contribution in [2.75, 3.05) is 7.05 Å². The molecule has 0 saturated heterocycles. The Labute approximate surface area is 46.2 Å². The van der Waals surface area contributed by atoms with Gasteiger partial charge in [0, 0.05) is 7.05 Å². The van der Waals surface area contributed by atoms with E-state index in [0.717, 1.165) is 0 Å². The molecule has 0 heterocycles. The van der Waals surface area contributed by atoms with Crippen LogP contribution in [-0.4, -0.2) is 14.9 Å². The van der Waals surface area contributed by atoms with Crippen LogP contribution in [0.1, 0.15) is 6.42 Å². The molecular formula is C5H12BN. The first-order chi connectivity index (χ1) is 3.41. The largest absolute Gasteiger partial charge is 0.394 e. The summed E-state index contributed by atoms with van der Waals surface area (Å²) in [5.74, 6) is 0. The Kier molecular flexibility index (Phi) is 5.29. The van der Waals surface area contributed by atoms with Gasteiger partial charge >= 0.3 is 0 Å². The van der Waals surface area contributed by atoms with Gasteiger partial charge in [0.25, 0.3) is 0 Å². The SMILES string of the molecule is BCC/C=C/NC. The molecule has 0 saturated carbocycles. The molecule has 0 aliphatic heterocycles. The van der Waals surface area contributed by atoms with Gasteiger partial charge in [-0.25, -0.2) is 0 Å². The zero-order valence-electron chi connectivity index (χ0n) is 5.07. The van der Waals surface area contributed by atoms with E-state index in [1.165, 1.54) is 12.7 Å². The standard InChI is InChI=1S/C5H12BN/c1-7-5-3-2-4-6/h3,5,7H,2,4,6H2,1H3/b5-3+. The second-order valence-electron chi connectivity index (χ2n) is 1.48. The summed E-state index contributed by atoms with van der Waals surface area (Å²) in [5, 5.41) is 2.92. The van der Waals surface area contributed by atoms with Gasteiger partial charge in [0.05, 0.1) is 0 Å². The highest BCUT2D eigenvalue weighted by Crippen LogP contribution is 1.82. The highest BCUT2D eigenvalue weighted by molar-refractivity contribution is 6.08. The molecule has 0 aliphatic rings.